The summed E-state index contributed by atoms with van der Waals surface area (Å²) in [5, 5.41) is 12.7. The second kappa shape index (κ2) is 6.20. The van der Waals surface area contributed by atoms with Crippen molar-refractivity contribution in [2.24, 2.45) is 5.41 Å². The van der Waals surface area contributed by atoms with Crippen LogP contribution >= 0.6 is 0 Å². The fourth-order valence-electron chi connectivity index (χ4n) is 2.09. The Labute approximate surface area is 117 Å². The average molecular weight is 271 g/mol. The molecule has 2 N–H and O–H groups in total. The van der Waals surface area contributed by atoms with Crippen LogP contribution in [0.1, 0.15) is 27.7 Å². The molecule has 0 amide bonds. The summed E-state index contributed by atoms with van der Waals surface area (Å²) in [5.41, 5.74) is -1.21. The second-order valence-electron chi connectivity index (χ2n) is 6.63. The number of carboxylic acid groups (broad SMARTS) is 1. The highest BCUT2D eigenvalue weighted by molar-refractivity contribution is 5.75. The maximum Gasteiger partial charge on any atom is 0.310 e. The van der Waals surface area contributed by atoms with E-state index in [4.69, 9.17) is 0 Å². The highest BCUT2D eigenvalue weighted by Crippen LogP contribution is 2.30. The molecular formula is C14H29N3O2. The third-order valence-electron chi connectivity index (χ3n) is 4.69. The lowest BCUT2D eigenvalue weighted by molar-refractivity contribution is -0.151. The molecule has 0 aromatic carbocycles. The van der Waals surface area contributed by atoms with Gasteiger partial charge in [-0.2, -0.15) is 0 Å². The van der Waals surface area contributed by atoms with Crippen molar-refractivity contribution in [2.45, 2.75) is 33.2 Å². The number of hydrogen-bond donors (Lipinski definition) is 2. The summed E-state index contributed by atoms with van der Waals surface area (Å²) in [6, 6.07) is 0. The van der Waals surface area contributed by atoms with Gasteiger partial charge in [0.1, 0.15) is 0 Å². The summed E-state index contributed by atoms with van der Waals surface area (Å²) < 4.78 is 0. The number of hydrogen-bond acceptors (Lipinski definition) is 4. The van der Waals surface area contributed by atoms with Gasteiger partial charge in [-0.15, -0.1) is 0 Å². The SMILES string of the molecule is CN1CCN(CCNC(C)(C)C(C)(C)C(=O)O)CC1. The van der Waals surface area contributed by atoms with Gasteiger partial charge in [-0.05, 0) is 34.7 Å². The molecule has 1 fully saturated rings. The highest BCUT2D eigenvalue weighted by atomic mass is 16.4. The molecule has 0 aromatic heterocycles. The molecule has 0 unspecified atom stereocenters. The minimum Gasteiger partial charge on any atom is -0.481 e. The van der Waals surface area contributed by atoms with E-state index in [1.54, 1.807) is 13.8 Å². The number of rotatable bonds is 6. The molecule has 1 aliphatic rings. The smallest absolute Gasteiger partial charge is 0.310 e. The van der Waals surface area contributed by atoms with E-state index in [2.05, 4.69) is 22.2 Å². The van der Waals surface area contributed by atoms with Gasteiger partial charge in [0.15, 0.2) is 0 Å². The molecule has 0 aromatic rings. The molecule has 1 saturated heterocycles. The van der Waals surface area contributed by atoms with Crippen LogP contribution in [0.4, 0.5) is 0 Å². The monoisotopic (exact) mass is 271 g/mol. The number of carboxylic acids is 1. The van der Waals surface area contributed by atoms with Crippen LogP contribution in [0.5, 0.6) is 0 Å². The van der Waals surface area contributed by atoms with Crippen LogP contribution in [0, 0.1) is 5.41 Å². The van der Waals surface area contributed by atoms with Crippen LogP contribution < -0.4 is 5.32 Å². The number of piperazine rings is 1. The van der Waals surface area contributed by atoms with E-state index in [1.807, 2.05) is 13.8 Å². The van der Waals surface area contributed by atoms with Crippen molar-refractivity contribution in [3.05, 3.63) is 0 Å². The quantitative estimate of drug-likeness (QED) is 0.745. The molecule has 112 valence electrons. The minimum atomic E-state index is -0.783. The van der Waals surface area contributed by atoms with Gasteiger partial charge < -0.3 is 15.3 Å². The number of nitrogens with one attached hydrogen (secondary N) is 1. The van der Waals surface area contributed by atoms with Gasteiger partial charge in [-0.25, -0.2) is 0 Å². The van der Waals surface area contributed by atoms with Gasteiger partial charge in [-0.1, -0.05) is 0 Å². The van der Waals surface area contributed by atoms with Crippen LogP contribution in [0.3, 0.4) is 0 Å². The van der Waals surface area contributed by atoms with Gasteiger partial charge in [0, 0.05) is 44.8 Å². The zero-order valence-electron chi connectivity index (χ0n) is 13.0. The summed E-state index contributed by atoms with van der Waals surface area (Å²) in [5.74, 6) is -0.760. The Hall–Kier alpha value is -0.650. The first-order valence-electron chi connectivity index (χ1n) is 7.06. The van der Waals surface area contributed by atoms with Crippen LogP contribution in [0.25, 0.3) is 0 Å². The van der Waals surface area contributed by atoms with Crippen molar-refractivity contribution in [2.75, 3.05) is 46.3 Å². The summed E-state index contributed by atoms with van der Waals surface area (Å²) in [7, 11) is 2.15. The van der Waals surface area contributed by atoms with Crippen LogP contribution in [-0.4, -0.2) is 72.7 Å². The van der Waals surface area contributed by atoms with Crippen molar-refractivity contribution in [3.63, 3.8) is 0 Å². The molecule has 1 rings (SSSR count). The highest BCUT2D eigenvalue weighted by Gasteiger charge is 2.42. The number of aliphatic carboxylic acids is 1. The van der Waals surface area contributed by atoms with Crippen LogP contribution in [0.2, 0.25) is 0 Å². The van der Waals surface area contributed by atoms with E-state index in [-0.39, 0.29) is 0 Å². The molecule has 0 bridgehead atoms. The third kappa shape index (κ3) is 4.16. The van der Waals surface area contributed by atoms with Gasteiger partial charge in [0.2, 0.25) is 0 Å². The molecule has 1 aliphatic heterocycles. The third-order valence-corrected chi connectivity index (χ3v) is 4.69. The number of likely N-dealkylation sites (N-methyl/N-ethyl adjacent to an activating group) is 1. The first-order valence-corrected chi connectivity index (χ1v) is 7.06. The molecule has 0 saturated carbocycles. The first-order chi connectivity index (χ1) is 8.67. The molecule has 0 radical (unpaired) electrons. The summed E-state index contributed by atoms with van der Waals surface area (Å²) in [6.07, 6.45) is 0. The predicted octanol–water partition coefficient (Wildman–Crippen LogP) is 0.713. The molecule has 19 heavy (non-hydrogen) atoms. The summed E-state index contributed by atoms with van der Waals surface area (Å²) in [6.45, 7) is 13.7. The summed E-state index contributed by atoms with van der Waals surface area (Å²) >= 11 is 0. The molecule has 5 heteroatoms. The van der Waals surface area contributed by atoms with Gasteiger partial charge in [-0.3, -0.25) is 9.69 Å². The van der Waals surface area contributed by atoms with Crippen molar-refractivity contribution in [1.82, 2.24) is 15.1 Å². The van der Waals surface area contributed by atoms with E-state index < -0.39 is 16.9 Å². The maximum absolute atomic E-state index is 11.3. The fraction of sp³-hybridized carbons (Fsp3) is 0.929. The molecule has 5 nitrogen and oxygen atoms in total. The summed E-state index contributed by atoms with van der Waals surface area (Å²) in [4.78, 5) is 16.1. The predicted molar refractivity (Wildman–Crippen MR) is 77.4 cm³/mol. The topological polar surface area (TPSA) is 55.8 Å². The maximum atomic E-state index is 11.3. The van der Waals surface area contributed by atoms with Gasteiger partial charge >= 0.3 is 5.97 Å². The Bertz CT molecular complexity index is 308. The lowest BCUT2D eigenvalue weighted by atomic mass is 9.74. The van der Waals surface area contributed by atoms with Crippen molar-refractivity contribution < 1.29 is 9.90 Å². The van der Waals surface area contributed by atoms with Crippen molar-refractivity contribution >= 4 is 5.97 Å². The van der Waals surface area contributed by atoms with Gasteiger partial charge in [0.05, 0.1) is 5.41 Å². The van der Waals surface area contributed by atoms with Gasteiger partial charge in [0.25, 0.3) is 0 Å². The standard InChI is InChI=1S/C14H29N3O2/c1-13(2,12(18)19)14(3,4)15-6-7-17-10-8-16(5)9-11-17/h15H,6-11H2,1-5H3,(H,18,19). The number of nitrogens with zero attached hydrogens (tertiary/aromatic N) is 2. The molecule has 0 spiro atoms. The van der Waals surface area contributed by atoms with E-state index in [0.29, 0.717) is 0 Å². The minimum absolute atomic E-state index is 0.425. The zero-order chi connectivity index (χ0) is 14.7. The Balaban J connectivity index is 2.37. The lowest BCUT2D eigenvalue weighted by Crippen LogP contribution is -2.57. The van der Waals surface area contributed by atoms with Crippen molar-refractivity contribution in [1.29, 1.82) is 0 Å². The van der Waals surface area contributed by atoms with E-state index in [1.165, 1.54) is 0 Å². The Kier molecular flexibility index (Phi) is 5.35. The van der Waals surface area contributed by atoms with E-state index >= 15 is 0 Å². The lowest BCUT2D eigenvalue weighted by Gasteiger charge is -2.40. The van der Waals surface area contributed by atoms with Crippen LogP contribution in [-0.2, 0) is 4.79 Å². The largest absolute Gasteiger partial charge is 0.481 e. The second-order valence-corrected chi connectivity index (χ2v) is 6.63. The Morgan fingerprint density at radius 1 is 1.16 bits per heavy atom. The normalized spacial score (nSPS) is 19.6. The molecule has 1 heterocycles. The zero-order valence-corrected chi connectivity index (χ0v) is 13.0. The molecule has 0 atom stereocenters. The fourth-order valence-corrected chi connectivity index (χ4v) is 2.09. The van der Waals surface area contributed by atoms with Crippen molar-refractivity contribution in [3.8, 4) is 0 Å². The molecule has 0 aliphatic carbocycles. The van der Waals surface area contributed by atoms with E-state index in [0.717, 1.165) is 39.3 Å². The Morgan fingerprint density at radius 2 is 1.68 bits per heavy atom. The average Bonchev–Trinajstić information content (AvgIpc) is 2.31. The molecular weight excluding hydrogens is 242 g/mol. The van der Waals surface area contributed by atoms with E-state index in [9.17, 15) is 9.90 Å². The number of carbonyl (C=O) groups is 1. The first kappa shape index (κ1) is 16.4. The van der Waals surface area contributed by atoms with Crippen LogP contribution in [0.15, 0.2) is 0 Å². The Morgan fingerprint density at radius 3 is 2.16 bits per heavy atom.